The summed E-state index contributed by atoms with van der Waals surface area (Å²) in [7, 11) is 0. The van der Waals surface area contributed by atoms with E-state index in [1.54, 1.807) is 0 Å². The molecule has 0 spiro atoms. The highest BCUT2D eigenvalue weighted by molar-refractivity contribution is 5.47. The van der Waals surface area contributed by atoms with Gasteiger partial charge < -0.3 is 29.9 Å². The van der Waals surface area contributed by atoms with Gasteiger partial charge in [-0.05, 0) is 12.1 Å². The molecule has 7 nitrogen and oxygen atoms in total. The Hall–Kier alpha value is -1.69. The lowest BCUT2D eigenvalue weighted by molar-refractivity contribution is -0.277. The smallest absolute Gasteiger partial charge is 0.229 e. The Morgan fingerprint density at radius 3 is 2.30 bits per heavy atom. The number of nitrogens with zero attached hydrogens (tertiary/aromatic N) is 1. The molecular weight excluding hydrogens is 266 g/mol. The number of aliphatic hydroxyl groups is 4. The number of rotatable bonds is 3. The second kappa shape index (κ2) is 6.17. The van der Waals surface area contributed by atoms with Crippen LogP contribution in [-0.2, 0) is 4.74 Å². The molecule has 1 aliphatic rings. The monoisotopic (exact) mass is 281 g/mol. The molecule has 1 aliphatic heterocycles. The second-order valence-corrected chi connectivity index (χ2v) is 4.42. The molecule has 1 heterocycles. The summed E-state index contributed by atoms with van der Waals surface area (Å²) in [4.78, 5) is 3.23. The molecule has 0 aromatic heterocycles. The van der Waals surface area contributed by atoms with E-state index in [0.717, 1.165) is 0 Å². The van der Waals surface area contributed by atoms with Crippen LogP contribution < -0.4 is 4.74 Å². The number of aliphatic hydroxyl groups excluding tert-OH is 4. The number of hydrogen-bond donors (Lipinski definition) is 4. The van der Waals surface area contributed by atoms with Crippen molar-refractivity contribution in [3.8, 4) is 5.75 Å². The van der Waals surface area contributed by atoms with Crippen molar-refractivity contribution in [2.75, 3.05) is 6.61 Å². The van der Waals surface area contributed by atoms with Crippen molar-refractivity contribution in [2.24, 2.45) is 0 Å². The molecule has 0 amide bonds. The van der Waals surface area contributed by atoms with Crippen molar-refractivity contribution >= 4 is 5.69 Å². The quantitative estimate of drug-likeness (QED) is 0.552. The first-order valence-corrected chi connectivity index (χ1v) is 6.01. The second-order valence-electron chi connectivity index (χ2n) is 4.42. The van der Waals surface area contributed by atoms with Crippen molar-refractivity contribution < 1.29 is 29.9 Å². The molecule has 4 N–H and O–H groups in total. The number of benzene rings is 1. The van der Waals surface area contributed by atoms with Gasteiger partial charge in [0.15, 0.2) is 5.69 Å². The minimum absolute atomic E-state index is 0.335. The summed E-state index contributed by atoms with van der Waals surface area (Å²) in [5.74, 6) is 0.335. The Morgan fingerprint density at radius 1 is 1.10 bits per heavy atom. The third-order valence-corrected chi connectivity index (χ3v) is 3.07. The molecule has 0 aliphatic carbocycles. The van der Waals surface area contributed by atoms with E-state index in [4.69, 9.17) is 21.2 Å². The van der Waals surface area contributed by atoms with Crippen LogP contribution in [0.15, 0.2) is 24.3 Å². The zero-order valence-corrected chi connectivity index (χ0v) is 10.5. The van der Waals surface area contributed by atoms with Gasteiger partial charge >= 0.3 is 0 Å². The lowest BCUT2D eigenvalue weighted by Crippen LogP contribution is -2.60. The fourth-order valence-corrected chi connectivity index (χ4v) is 1.90. The molecule has 0 unspecified atom stereocenters. The summed E-state index contributed by atoms with van der Waals surface area (Å²) in [6.45, 7) is 6.32. The van der Waals surface area contributed by atoms with Gasteiger partial charge in [-0.2, -0.15) is 0 Å². The predicted octanol–water partition coefficient (Wildman–Crippen LogP) is -0.584. The minimum atomic E-state index is -1.48. The molecule has 5 atom stereocenters. The highest BCUT2D eigenvalue weighted by Crippen LogP contribution is 2.25. The molecule has 0 bridgehead atoms. The van der Waals surface area contributed by atoms with Crippen molar-refractivity contribution in [3.05, 3.63) is 35.7 Å². The highest BCUT2D eigenvalue weighted by atomic mass is 16.7. The van der Waals surface area contributed by atoms with Gasteiger partial charge in [-0.1, -0.05) is 12.1 Å². The van der Waals surface area contributed by atoms with Crippen LogP contribution in [0.25, 0.3) is 4.85 Å². The Morgan fingerprint density at radius 2 is 1.75 bits per heavy atom. The summed E-state index contributed by atoms with van der Waals surface area (Å²) in [5, 5.41) is 38.1. The molecule has 0 radical (unpaired) electrons. The zero-order chi connectivity index (χ0) is 14.7. The molecule has 20 heavy (non-hydrogen) atoms. The molecule has 1 fully saturated rings. The van der Waals surface area contributed by atoms with Crippen LogP contribution in [0.1, 0.15) is 0 Å². The van der Waals surface area contributed by atoms with Gasteiger partial charge in [-0.3, -0.25) is 0 Å². The third-order valence-electron chi connectivity index (χ3n) is 3.07. The van der Waals surface area contributed by atoms with E-state index in [9.17, 15) is 15.3 Å². The van der Waals surface area contributed by atoms with Gasteiger partial charge in [0.25, 0.3) is 0 Å². The third kappa shape index (κ3) is 2.90. The molecule has 108 valence electrons. The maximum atomic E-state index is 9.79. The fraction of sp³-hybridized carbons (Fsp3) is 0.462. The first kappa shape index (κ1) is 14.7. The van der Waals surface area contributed by atoms with Gasteiger partial charge in [0.1, 0.15) is 30.2 Å². The van der Waals surface area contributed by atoms with Gasteiger partial charge in [-0.15, -0.1) is 0 Å². The van der Waals surface area contributed by atoms with E-state index in [0.29, 0.717) is 11.4 Å². The van der Waals surface area contributed by atoms with Gasteiger partial charge in [0.05, 0.1) is 13.2 Å². The Kier molecular flexibility index (Phi) is 4.54. The average molecular weight is 281 g/mol. The van der Waals surface area contributed by atoms with Crippen LogP contribution in [0.3, 0.4) is 0 Å². The largest absolute Gasteiger partial charge is 0.462 e. The van der Waals surface area contributed by atoms with Crippen LogP contribution in [0.2, 0.25) is 0 Å². The number of hydrogen-bond acceptors (Lipinski definition) is 6. The maximum absolute atomic E-state index is 9.79. The first-order valence-electron chi connectivity index (χ1n) is 6.01. The predicted molar refractivity (Wildman–Crippen MR) is 67.1 cm³/mol. The van der Waals surface area contributed by atoms with E-state index in [2.05, 4.69) is 4.85 Å². The molecule has 1 saturated heterocycles. The van der Waals surface area contributed by atoms with Crippen LogP contribution in [0, 0.1) is 6.57 Å². The Labute approximate surface area is 115 Å². The summed E-state index contributed by atoms with van der Waals surface area (Å²) in [5.41, 5.74) is 0.436. The molecular formula is C13H15NO6. The van der Waals surface area contributed by atoms with Crippen LogP contribution in [0.4, 0.5) is 5.69 Å². The van der Waals surface area contributed by atoms with E-state index in [-0.39, 0.29) is 0 Å². The molecule has 2 rings (SSSR count). The molecule has 1 aromatic carbocycles. The van der Waals surface area contributed by atoms with Crippen LogP contribution in [0.5, 0.6) is 5.75 Å². The molecule has 0 saturated carbocycles. The van der Waals surface area contributed by atoms with Crippen LogP contribution >= 0.6 is 0 Å². The summed E-state index contributed by atoms with van der Waals surface area (Å²) < 4.78 is 10.6. The Bertz CT molecular complexity index is 483. The van der Waals surface area contributed by atoms with Gasteiger partial charge in [0, 0.05) is 0 Å². The van der Waals surface area contributed by atoms with E-state index < -0.39 is 37.3 Å². The summed E-state index contributed by atoms with van der Waals surface area (Å²) in [6.07, 6.45) is -6.58. The van der Waals surface area contributed by atoms with Gasteiger partial charge in [-0.25, -0.2) is 4.85 Å². The van der Waals surface area contributed by atoms with E-state index in [1.807, 2.05) is 0 Å². The Balaban J connectivity index is 2.09. The fourth-order valence-electron chi connectivity index (χ4n) is 1.90. The standard InChI is InChI=1S/C13H15NO6/c1-14-7-2-4-8(5-3-7)19-13-12(18)11(17)10(16)9(6-15)20-13/h2-5,9-13,15-18H,6H2/t9-,10+,11+,12-,13-/m1/s1. The van der Waals surface area contributed by atoms with E-state index >= 15 is 0 Å². The van der Waals surface area contributed by atoms with Crippen molar-refractivity contribution in [3.63, 3.8) is 0 Å². The zero-order valence-electron chi connectivity index (χ0n) is 10.5. The van der Waals surface area contributed by atoms with Crippen molar-refractivity contribution in [2.45, 2.75) is 30.7 Å². The van der Waals surface area contributed by atoms with Crippen molar-refractivity contribution in [1.29, 1.82) is 0 Å². The number of ether oxygens (including phenoxy) is 2. The van der Waals surface area contributed by atoms with Gasteiger partial charge in [0.2, 0.25) is 6.29 Å². The first-order chi connectivity index (χ1) is 9.56. The van der Waals surface area contributed by atoms with Crippen molar-refractivity contribution in [1.82, 2.24) is 0 Å². The lowest BCUT2D eigenvalue weighted by atomic mass is 9.99. The maximum Gasteiger partial charge on any atom is 0.229 e. The molecule has 7 heteroatoms. The van der Waals surface area contributed by atoms with Crippen LogP contribution in [-0.4, -0.2) is 57.7 Å². The highest BCUT2D eigenvalue weighted by Gasteiger charge is 2.44. The lowest BCUT2D eigenvalue weighted by Gasteiger charge is -2.39. The van der Waals surface area contributed by atoms with E-state index in [1.165, 1.54) is 24.3 Å². The summed E-state index contributed by atoms with van der Waals surface area (Å²) >= 11 is 0. The minimum Gasteiger partial charge on any atom is -0.462 e. The topological polar surface area (TPSA) is 104 Å². The normalized spacial score (nSPS) is 33.5. The SMILES string of the molecule is [C-]#[N+]c1ccc(O[C@@H]2O[C@H](CO)[C@H](O)[C@H](O)[C@H]2O)cc1. The average Bonchev–Trinajstić information content (AvgIpc) is 2.48. The summed E-state index contributed by atoms with van der Waals surface area (Å²) in [6, 6.07) is 6.11. The molecule has 1 aromatic rings.